The highest BCUT2D eigenvalue weighted by molar-refractivity contribution is 5.76. The standard InChI is InChI=1S/C16H23NO4/c1-3-4-5-6-15(18)17-12(2)13-7-9-14(10-8-13)21-11-16(19)20/h7-10,12H,3-6,11H2,1-2H3,(H,17,18)(H,19,20). The zero-order chi connectivity index (χ0) is 15.7. The van der Waals surface area contributed by atoms with Crippen molar-refractivity contribution < 1.29 is 19.4 Å². The maximum atomic E-state index is 11.7. The Morgan fingerprint density at radius 2 is 1.90 bits per heavy atom. The first-order valence-corrected chi connectivity index (χ1v) is 7.26. The summed E-state index contributed by atoms with van der Waals surface area (Å²) in [6.07, 6.45) is 3.63. The van der Waals surface area contributed by atoms with E-state index in [1.165, 1.54) is 0 Å². The molecule has 0 spiro atoms. The number of amides is 1. The fourth-order valence-electron chi connectivity index (χ4n) is 1.93. The monoisotopic (exact) mass is 293 g/mol. The number of hydrogen-bond acceptors (Lipinski definition) is 3. The second-order valence-corrected chi connectivity index (χ2v) is 5.00. The molecule has 0 aliphatic rings. The molecule has 0 heterocycles. The van der Waals surface area contributed by atoms with Crippen molar-refractivity contribution >= 4 is 11.9 Å². The van der Waals surface area contributed by atoms with Gasteiger partial charge in [-0.05, 0) is 31.0 Å². The van der Waals surface area contributed by atoms with E-state index in [9.17, 15) is 9.59 Å². The van der Waals surface area contributed by atoms with Gasteiger partial charge in [0, 0.05) is 6.42 Å². The highest BCUT2D eigenvalue weighted by Gasteiger charge is 2.09. The topological polar surface area (TPSA) is 75.6 Å². The summed E-state index contributed by atoms with van der Waals surface area (Å²) >= 11 is 0. The van der Waals surface area contributed by atoms with E-state index in [2.05, 4.69) is 12.2 Å². The Balaban J connectivity index is 2.45. The van der Waals surface area contributed by atoms with E-state index in [1.54, 1.807) is 12.1 Å². The van der Waals surface area contributed by atoms with Crippen LogP contribution in [-0.4, -0.2) is 23.6 Å². The predicted molar refractivity (Wildman–Crippen MR) is 80.3 cm³/mol. The number of carboxylic acid groups (broad SMARTS) is 1. The predicted octanol–water partition coefficient (Wildman–Crippen LogP) is 2.91. The van der Waals surface area contributed by atoms with Crippen LogP contribution in [0, 0.1) is 0 Å². The van der Waals surface area contributed by atoms with Gasteiger partial charge in [-0.15, -0.1) is 0 Å². The highest BCUT2D eigenvalue weighted by atomic mass is 16.5. The zero-order valence-corrected chi connectivity index (χ0v) is 12.6. The van der Waals surface area contributed by atoms with Crippen LogP contribution in [0.3, 0.4) is 0 Å². The molecule has 21 heavy (non-hydrogen) atoms. The molecule has 1 rings (SSSR count). The Morgan fingerprint density at radius 1 is 1.24 bits per heavy atom. The zero-order valence-electron chi connectivity index (χ0n) is 12.6. The van der Waals surface area contributed by atoms with Crippen LogP contribution in [0.4, 0.5) is 0 Å². The third-order valence-corrected chi connectivity index (χ3v) is 3.13. The molecule has 1 atom stereocenters. The number of benzene rings is 1. The molecule has 1 unspecified atom stereocenters. The molecule has 0 saturated heterocycles. The van der Waals surface area contributed by atoms with Crippen molar-refractivity contribution in [3.05, 3.63) is 29.8 Å². The van der Waals surface area contributed by atoms with Gasteiger partial charge in [0.1, 0.15) is 5.75 Å². The Morgan fingerprint density at radius 3 is 2.48 bits per heavy atom. The summed E-state index contributed by atoms with van der Waals surface area (Å²) in [7, 11) is 0. The first-order valence-electron chi connectivity index (χ1n) is 7.26. The molecule has 5 heteroatoms. The van der Waals surface area contributed by atoms with Crippen molar-refractivity contribution in [2.75, 3.05) is 6.61 Å². The largest absolute Gasteiger partial charge is 0.482 e. The molecule has 5 nitrogen and oxygen atoms in total. The van der Waals surface area contributed by atoms with Crippen LogP contribution < -0.4 is 10.1 Å². The van der Waals surface area contributed by atoms with E-state index in [0.29, 0.717) is 12.2 Å². The highest BCUT2D eigenvalue weighted by Crippen LogP contribution is 2.17. The van der Waals surface area contributed by atoms with Gasteiger partial charge in [-0.2, -0.15) is 0 Å². The van der Waals surface area contributed by atoms with Gasteiger partial charge >= 0.3 is 5.97 Å². The van der Waals surface area contributed by atoms with Crippen LogP contribution in [0.5, 0.6) is 5.75 Å². The number of ether oxygens (including phenoxy) is 1. The molecule has 0 aromatic heterocycles. The van der Waals surface area contributed by atoms with Gasteiger partial charge in [0.05, 0.1) is 6.04 Å². The Kier molecular flexibility index (Phi) is 7.29. The first kappa shape index (κ1) is 17.0. The van der Waals surface area contributed by atoms with Crippen molar-refractivity contribution in [2.45, 2.75) is 45.6 Å². The fourth-order valence-corrected chi connectivity index (χ4v) is 1.93. The molecule has 0 saturated carbocycles. The number of carbonyl (C=O) groups is 2. The number of unbranched alkanes of at least 4 members (excludes halogenated alkanes) is 2. The summed E-state index contributed by atoms with van der Waals surface area (Å²) in [5.74, 6) is -0.448. The quantitative estimate of drug-likeness (QED) is 0.686. The lowest BCUT2D eigenvalue weighted by atomic mass is 10.1. The average Bonchev–Trinajstić information content (AvgIpc) is 2.45. The van der Waals surface area contributed by atoms with E-state index in [4.69, 9.17) is 9.84 Å². The molecular formula is C16H23NO4. The summed E-state index contributed by atoms with van der Waals surface area (Å²) in [6.45, 7) is 3.67. The molecule has 0 aliphatic carbocycles. The van der Waals surface area contributed by atoms with Crippen LogP contribution in [0.15, 0.2) is 24.3 Å². The van der Waals surface area contributed by atoms with Gasteiger partial charge in [0.25, 0.3) is 0 Å². The molecule has 0 bridgehead atoms. The van der Waals surface area contributed by atoms with Crippen LogP contribution in [-0.2, 0) is 9.59 Å². The van der Waals surface area contributed by atoms with Gasteiger partial charge in [-0.3, -0.25) is 4.79 Å². The Bertz CT molecular complexity index is 456. The lowest BCUT2D eigenvalue weighted by Gasteiger charge is -2.15. The second-order valence-electron chi connectivity index (χ2n) is 5.00. The molecule has 2 N–H and O–H groups in total. The summed E-state index contributed by atoms with van der Waals surface area (Å²) in [6, 6.07) is 6.99. The number of carbonyl (C=O) groups excluding carboxylic acids is 1. The normalized spacial score (nSPS) is 11.7. The second kappa shape index (κ2) is 9.00. The molecule has 116 valence electrons. The van der Waals surface area contributed by atoms with E-state index < -0.39 is 5.97 Å². The molecule has 1 aromatic carbocycles. The van der Waals surface area contributed by atoms with E-state index in [0.717, 1.165) is 24.8 Å². The molecular weight excluding hydrogens is 270 g/mol. The number of hydrogen-bond donors (Lipinski definition) is 2. The van der Waals surface area contributed by atoms with Gasteiger partial charge < -0.3 is 15.2 Å². The summed E-state index contributed by atoms with van der Waals surface area (Å²) < 4.78 is 5.06. The maximum Gasteiger partial charge on any atom is 0.341 e. The van der Waals surface area contributed by atoms with Gasteiger partial charge in [-0.25, -0.2) is 4.79 Å². The first-order chi connectivity index (χ1) is 10.0. The number of aliphatic carboxylic acids is 1. The van der Waals surface area contributed by atoms with Crippen molar-refractivity contribution in [3.63, 3.8) is 0 Å². The van der Waals surface area contributed by atoms with Crippen molar-refractivity contribution in [2.24, 2.45) is 0 Å². The SMILES string of the molecule is CCCCCC(=O)NC(C)c1ccc(OCC(=O)O)cc1. The Hall–Kier alpha value is -2.04. The minimum atomic E-state index is -1.01. The van der Waals surface area contributed by atoms with E-state index >= 15 is 0 Å². The Labute approximate surface area is 125 Å². The fraction of sp³-hybridized carbons (Fsp3) is 0.500. The van der Waals surface area contributed by atoms with Gasteiger partial charge in [0.2, 0.25) is 5.91 Å². The number of rotatable bonds is 9. The van der Waals surface area contributed by atoms with Crippen molar-refractivity contribution in [3.8, 4) is 5.75 Å². The van der Waals surface area contributed by atoms with Crippen molar-refractivity contribution in [1.82, 2.24) is 5.32 Å². The van der Waals surface area contributed by atoms with E-state index in [-0.39, 0.29) is 18.6 Å². The minimum Gasteiger partial charge on any atom is -0.482 e. The molecule has 0 radical (unpaired) electrons. The third kappa shape index (κ3) is 6.79. The maximum absolute atomic E-state index is 11.7. The molecule has 0 fully saturated rings. The third-order valence-electron chi connectivity index (χ3n) is 3.13. The summed E-state index contributed by atoms with van der Waals surface area (Å²) in [4.78, 5) is 22.1. The molecule has 1 aromatic rings. The van der Waals surface area contributed by atoms with Crippen LogP contribution in [0.25, 0.3) is 0 Å². The smallest absolute Gasteiger partial charge is 0.341 e. The summed E-state index contributed by atoms with van der Waals surface area (Å²) in [5, 5.41) is 11.5. The number of carboxylic acids is 1. The minimum absolute atomic E-state index is 0.0575. The average molecular weight is 293 g/mol. The lowest BCUT2D eigenvalue weighted by Crippen LogP contribution is -2.26. The number of nitrogens with one attached hydrogen (secondary N) is 1. The lowest BCUT2D eigenvalue weighted by molar-refractivity contribution is -0.139. The molecule has 0 aliphatic heterocycles. The van der Waals surface area contributed by atoms with Crippen molar-refractivity contribution in [1.29, 1.82) is 0 Å². The van der Waals surface area contributed by atoms with Crippen LogP contribution >= 0.6 is 0 Å². The molecule has 1 amide bonds. The van der Waals surface area contributed by atoms with Gasteiger partial charge in [0.15, 0.2) is 6.61 Å². The van der Waals surface area contributed by atoms with Crippen LogP contribution in [0.1, 0.15) is 51.1 Å². The summed E-state index contributed by atoms with van der Waals surface area (Å²) in [5.41, 5.74) is 0.960. The van der Waals surface area contributed by atoms with E-state index in [1.807, 2.05) is 19.1 Å². The van der Waals surface area contributed by atoms with Crippen LogP contribution in [0.2, 0.25) is 0 Å². The van der Waals surface area contributed by atoms with Gasteiger partial charge in [-0.1, -0.05) is 31.9 Å².